The predicted molar refractivity (Wildman–Crippen MR) is 112 cm³/mol. The molecule has 1 saturated carbocycles. The molecule has 1 heterocycles. The molecule has 4 rings (SSSR count). The zero-order chi connectivity index (χ0) is 19.7. The summed E-state index contributed by atoms with van der Waals surface area (Å²) in [5, 5.41) is 5.93. The number of hydrogen-bond donors (Lipinski definition) is 1. The zero-order valence-electron chi connectivity index (χ0n) is 15.1. The summed E-state index contributed by atoms with van der Waals surface area (Å²) in [6, 6.07) is 17.2. The van der Waals surface area contributed by atoms with Gasteiger partial charge in [0.2, 0.25) is 5.91 Å². The van der Waals surface area contributed by atoms with Crippen LogP contribution in [0.5, 0.6) is 0 Å². The van der Waals surface area contributed by atoms with E-state index in [4.69, 9.17) is 16.3 Å². The van der Waals surface area contributed by atoms with Gasteiger partial charge in [0, 0.05) is 21.9 Å². The van der Waals surface area contributed by atoms with Crippen molar-refractivity contribution < 1.29 is 14.3 Å². The van der Waals surface area contributed by atoms with Crippen LogP contribution in [0.15, 0.2) is 60.0 Å². The number of nitrogens with one attached hydrogen (secondary N) is 1. The lowest BCUT2D eigenvalue weighted by atomic mass is 10.0. The summed E-state index contributed by atoms with van der Waals surface area (Å²) in [6.45, 7) is 0. The first-order valence-corrected chi connectivity index (χ1v) is 10.2. The SMILES string of the molecule is COC(=O)c1c(-c2ccc(Cl)cc2)csc1NC(=O)C1CC1c1ccccc1. The monoisotopic (exact) mass is 411 g/mol. The molecular weight excluding hydrogens is 394 g/mol. The van der Waals surface area contributed by atoms with Gasteiger partial charge in [0.1, 0.15) is 10.6 Å². The lowest BCUT2D eigenvalue weighted by Gasteiger charge is -2.08. The second-order valence-corrected chi connectivity index (χ2v) is 8.02. The third kappa shape index (κ3) is 3.68. The molecule has 1 aromatic heterocycles. The van der Waals surface area contributed by atoms with Crippen LogP contribution in [0.2, 0.25) is 5.02 Å². The van der Waals surface area contributed by atoms with Crippen molar-refractivity contribution >= 4 is 39.8 Å². The lowest BCUT2D eigenvalue weighted by Crippen LogP contribution is -2.16. The van der Waals surface area contributed by atoms with E-state index in [0.29, 0.717) is 15.6 Å². The molecule has 1 N–H and O–H groups in total. The van der Waals surface area contributed by atoms with Crippen LogP contribution in [0, 0.1) is 5.92 Å². The summed E-state index contributed by atoms with van der Waals surface area (Å²) >= 11 is 7.29. The molecule has 0 bridgehead atoms. The summed E-state index contributed by atoms with van der Waals surface area (Å²) in [7, 11) is 1.34. The van der Waals surface area contributed by atoms with Crippen LogP contribution < -0.4 is 5.32 Å². The average molecular weight is 412 g/mol. The zero-order valence-corrected chi connectivity index (χ0v) is 16.7. The highest BCUT2D eigenvalue weighted by molar-refractivity contribution is 7.15. The van der Waals surface area contributed by atoms with Gasteiger partial charge < -0.3 is 10.1 Å². The molecule has 1 aliphatic rings. The molecule has 1 aliphatic carbocycles. The van der Waals surface area contributed by atoms with Crippen LogP contribution in [0.3, 0.4) is 0 Å². The Hall–Kier alpha value is -2.63. The maximum atomic E-state index is 12.7. The number of anilines is 1. The Labute approximate surface area is 172 Å². The van der Waals surface area contributed by atoms with Gasteiger partial charge in [0.25, 0.3) is 0 Å². The second kappa shape index (κ2) is 7.78. The number of esters is 1. The highest BCUT2D eigenvalue weighted by Crippen LogP contribution is 2.48. The fraction of sp³-hybridized carbons (Fsp3) is 0.182. The number of ether oxygens (including phenoxy) is 1. The number of thiophene rings is 1. The van der Waals surface area contributed by atoms with Gasteiger partial charge in [-0.2, -0.15) is 0 Å². The molecule has 1 fully saturated rings. The maximum absolute atomic E-state index is 12.7. The van der Waals surface area contributed by atoms with Gasteiger partial charge in [-0.05, 0) is 35.6 Å². The Balaban J connectivity index is 1.57. The highest BCUT2D eigenvalue weighted by atomic mass is 35.5. The van der Waals surface area contributed by atoms with E-state index < -0.39 is 5.97 Å². The molecule has 142 valence electrons. The minimum atomic E-state index is -0.475. The van der Waals surface area contributed by atoms with E-state index >= 15 is 0 Å². The Morgan fingerprint density at radius 2 is 1.82 bits per heavy atom. The second-order valence-electron chi connectivity index (χ2n) is 6.70. The normalized spacial score (nSPS) is 17.8. The molecule has 0 saturated heterocycles. The third-order valence-electron chi connectivity index (χ3n) is 4.93. The minimum absolute atomic E-state index is 0.0662. The van der Waals surface area contributed by atoms with Crippen LogP contribution in [0.4, 0.5) is 5.00 Å². The number of benzene rings is 2. The summed E-state index contributed by atoms with van der Waals surface area (Å²) in [4.78, 5) is 25.2. The average Bonchev–Trinajstić information content (AvgIpc) is 3.43. The van der Waals surface area contributed by atoms with Crippen molar-refractivity contribution in [2.24, 2.45) is 5.92 Å². The number of amides is 1. The van der Waals surface area contributed by atoms with Gasteiger partial charge in [0.15, 0.2) is 0 Å². The number of halogens is 1. The lowest BCUT2D eigenvalue weighted by molar-refractivity contribution is -0.117. The van der Waals surface area contributed by atoms with E-state index in [-0.39, 0.29) is 17.7 Å². The van der Waals surface area contributed by atoms with Crippen LogP contribution in [-0.4, -0.2) is 19.0 Å². The van der Waals surface area contributed by atoms with E-state index in [1.54, 1.807) is 12.1 Å². The molecule has 6 heteroatoms. The van der Waals surface area contributed by atoms with Crippen LogP contribution in [-0.2, 0) is 9.53 Å². The van der Waals surface area contributed by atoms with E-state index in [1.807, 2.05) is 47.8 Å². The number of carbonyl (C=O) groups is 2. The van der Waals surface area contributed by atoms with Crippen molar-refractivity contribution in [1.29, 1.82) is 0 Å². The molecule has 2 unspecified atom stereocenters. The Morgan fingerprint density at radius 3 is 2.50 bits per heavy atom. The number of methoxy groups -OCH3 is 1. The molecular formula is C22H18ClNO3S. The summed E-state index contributed by atoms with van der Waals surface area (Å²) in [6.07, 6.45) is 0.818. The van der Waals surface area contributed by atoms with Gasteiger partial charge in [0.05, 0.1) is 7.11 Å². The Bertz CT molecular complexity index is 1010. The number of rotatable bonds is 5. The van der Waals surface area contributed by atoms with Crippen LogP contribution in [0.1, 0.15) is 28.3 Å². The smallest absolute Gasteiger partial charge is 0.341 e. The van der Waals surface area contributed by atoms with Crippen molar-refractivity contribution in [3.05, 3.63) is 76.1 Å². The molecule has 1 amide bonds. The number of hydrogen-bond acceptors (Lipinski definition) is 4. The molecule has 2 aromatic carbocycles. The van der Waals surface area contributed by atoms with Crippen LogP contribution in [0.25, 0.3) is 11.1 Å². The maximum Gasteiger partial charge on any atom is 0.341 e. The molecule has 0 spiro atoms. The first-order chi connectivity index (χ1) is 13.6. The van der Waals surface area contributed by atoms with Crippen molar-refractivity contribution in [3.8, 4) is 11.1 Å². The van der Waals surface area contributed by atoms with E-state index in [9.17, 15) is 9.59 Å². The van der Waals surface area contributed by atoms with Crippen molar-refractivity contribution in [3.63, 3.8) is 0 Å². The highest BCUT2D eigenvalue weighted by Gasteiger charge is 2.44. The Kier molecular flexibility index (Phi) is 5.20. The first-order valence-electron chi connectivity index (χ1n) is 8.90. The van der Waals surface area contributed by atoms with Gasteiger partial charge in [-0.3, -0.25) is 4.79 Å². The topological polar surface area (TPSA) is 55.4 Å². The number of carbonyl (C=O) groups excluding carboxylic acids is 2. The van der Waals surface area contributed by atoms with Gasteiger partial charge in [-0.1, -0.05) is 54.1 Å². The van der Waals surface area contributed by atoms with Gasteiger partial charge >= 0.3 is 5.97 Å². The minimum Gasteiger partial charge on any atom is -0.465 e. The quantitative estimate of drug-likeness (QED) is 0.556. The van der Waals surface area contributed by atoms with Crippen molar-refractivity contribution in [2.45, 2.75) is 12.3 Å². The van der Waals surface area contributed by atoms with Gasteiger partial charge in [-0.25, -0.2) is 4.79 Å². The van der Waals surface area contributed by atoms with Gasteiger partial charge in [-0.15, -0.1) is 11.3 Å². The Morgan fingerprint density at radius 1 is 1.11 bits per heavy atom. The summed E-state index contributed by atoms with van der Waals surface area (Å²) < 4.78 is 4.96. The summed E-state index contributed by atoms with van der Waals surface area (Å²) in [5.74, 6) is -0.382. The van der Waals surface area contributed by atoms with Crippen molar-refractivity contribution in [1.82, 2.24) is 0 Å². The van der Waals surface area contributed by atoms with Crippen LogP contribution >= 0.6 is 22.9 Å². The fourth-order valence-electron chi connectivity index (χ4n) is 3.35. The largest absolute Gasteiger partial charge is 0.465 e. The van der Waals surface area contributed by atoms with E-state index in [2.05, 4.69) is 5.32 Å². The fourth-order valence-corrected chi connectivity index (χ4v) is 4.44. The molecule has 2 atom stereocenters. The molecule has 0 aliphatic heterocycles. The van der Waals surface area contributed by atoms with E-state index in [1.165, 1.54) is 24.0 Å². The van der Waals surface area contributed by atoms with E-state index in [0.717, 1.165) is 17.5 Å². The third-order valence-corrected chi connectivity index (χ3v) is 6.07. The molecule has 28 heavy (non-hydrogen) atoms. The predicted octanol–water partition coefficient (Wildman–Crippen LogP) is 5.60. The molecule has 3 aromatic rings. The molecule has 0 radical (unpaired) electrons. The summed E-state index contributed by atoms with van der Waals surface area (Å²) in [5.41, 5.74) is 3.11. The molecule has 4 nitrogen and oxygen atoms in total. The van der Waals surface area contributed by atoms with Crippen molar-refractivity contribution in [2.75, 3.05) is 12.4 Å². The standard InChI is InChI=1S/C22H18ClNO3S/c1-27-22(26)19-18(14-7-9-15(23)10-8-14)12-28-21(19)24-20(25)17-11-16(17)13-5-3-2-4-6-13/h2-10,12,16-17H,11H2,1H3,(H,24,25). The first kappa shape index (κ1) is 18.7.